The van der Waals surface area contributed by atoms with Gasteiger partial charge in [0.2, 0.25) is 0 Å². The number of benzene rings is 1. The summed E-state index contributed by atoms with van der Waals surface area (Å²) in [4.78, 5) is 8.59. The van der Waals surface area contributed by atoms with Crippen LogP contribution in [0.5, 0.6) is 0 Å². The van der Waals surface area contributed by atoms with E-state index in [4.69, 9.17) is 38.2 Å². The zero-order valence-electron chi connectivity index (χ0n) is 14.6. The molecule has 2 aromatic rings. The van der Waals surface area contributed by atoms with E-state index in [1.54, 1.807) is 19.1 Å². The number of halogens is 2. The molecule has 0 saturated carbocycles. The van der Waals surface area contributed by atoms with E-state index in [2.05, 4.69) is 20.4 Å². The van der Waals surface area contributed by atoms with Crippen molar-refractivity contribution < 1.29 is 9.26 Å². The van der Waals surface area contributed by atoms with Crippen LogP contribution in [0.2, 0.25) is 10.0 Å². The lowest BCUT2D eigenvalue weighted by Crippen LogP contribution is -2.34. The first-order valence-electron chi connectivity index (χ1n) is 8.39. The minimum Gasteiger partial charge on any atom is -0.370 e. The van der Waals surface area contributed by atoms with Crippen LogP contribution in [0.15, 0.2) is 27.7 Å². The molecule has 0 aliphatic carbocycles. The maximum atomic E-state index is 6.22. The van der Waals surface area contributed by atoms with Crippen molar-refractivity contribution in [3.8, 4) is 0 Å². The fourth-order valence-corrected chi connectivity index (χ4v) is 3.44. The average molecular weight is 398 g/mol. The van der Waals surface area contributed by atoms with Crippen LogP contribution >= 0.6 is 23.2 Å². The third-order valence-electron chi connectivity index (χ3n) is 4.18. The zero-order valence-corrected chi connectivity index (χ0v) is 16.1. The van der Waals surface area contributed by atoms with Crippen molar-refractivity contribution in [1.29, 1.82) is 0 Å². The van der Waals surface area contributed by atoms with E-state index in [9.17, 15) is 0 Å². The van der Waals surface area contributed by atoms with Gasteiger partial charge in [0.25, 0.3) is 5.89 Å². The summed E-state index contributed by atoms with van der Waals surface area (Å²) in [5.41, 5.74) is 6.89. The number of hydrogen-bond donors (Lipinski definition) is 2. The number of aryl methyl sites for hydroxylation is 1. The number of nitrogens with zero attached hydrogens (tertiary/aromatic N) is 3. The molecular formula is C17H21Cl2N5O2. The van der Waals surface area contributed by atoms with Crippen LogP contribution in [0, 0.1) is 6.92 Å². The molecule has 9 heteroatoms. The molecule has 140 valence electrons. The Balaban J connectivity index is 1.52. The average Bonchev–Trinajstić information content (AvgIpc) is 3.21. The van der Waals surface area contributed by atoms with E-state index >= 15 is 0 Å². The van der Waals surface area contributed by atoms with E-state index in [1.807, 2.05) is 13.0 Å². The predicted molar refractivity (Wildman–Crippen MR) is 100 cm³/mol. The van der Waals surface area contributed by atoms with E-state index in [0.29, 0.717) is 34.3 Å². The van der Waals surface area contributed by atoms with Gasteiger partial charge in [0, 0.05) is 10.0 Å². The molecule has 7 nitrogen and oxygen atoms in total. The first-order chi connectivity index (χ1) is 12.4. The molecule has 3 atom stereocenters. The van der Waals surface area contributed by atoms with Crippen molar-refractivity contribution >= 4 is 29.2 Å². The van der Waals surface area contributed by atoms with Crippen LogP contribution in [0.4, 0.5) is 0 Å². The van der Waals surface area contributed by atoms with E-state index in [1.165, 1.54) is 0 Å². The lowest BCUT2D eigenvalue weighted by molar-refractivity contribution is 0.0309. The van der Waals surface area contributed by atoms with Crippen molar-refractivity contribution in [2.45, 2.75) is 44.9 Å². The molecule has 0 bridgehead atoms. The molecule has 26 heavy (non-hydrogen) atoms. The molecule has 3 rings (SSSR count). The van der Waals surface area contributed by atoms with Crippen molar-refractivity contribution in [2.75, 3.05) is 6.54 Å². The Hall–Kier alpha value is -1.83. The van der Waals surface area contributed by atoms with Crippen LogP contribution in [0.3, 0.4) is 0 Å². The van der Waals surface area contributed by atoms with Gasteiger partial charge in [-0.3, -0.25) is 4.99 Å². The maximum Gasteiger partial charge on any atom is 0.255 e. The standard InChI is InChI=1S/C17H21Cl2N5O2/c1-9(13-5-3-11(18)7-14(13)19)22-17(20)21-8-12-4-6-15(25-12)16-23-10(2)24-26-16/h3,5,7,9,12,15H,4,6,8H2,1-2H3,(H3,20,21,22)/t9?,12-,15+/m1/s1. The Morgan fingerprint density at radius 1 is 1.42 bits per heavy atom. The molecule has 0 spiro atoms. The number of nitrogens with two attached hydrogens (primary N) is 1. The number of nitrogens with one attached hydrogen (secondary N) is 1. The van der Waals surface area contributed by atoms with Gasteiger partial charge in [0.15, 0.2) is 11.8 Å². The monoisotopic (exact) mass is 397 g/mol. The summed E-state index contributed by atoms with van der Waals surface area (Å²) in [6, 6.07) is 5.27. The highest BCUT2D eigenvalue weighted by atomic mass is 35.5. The van der Waals surface area contributed by atoms with Crippen LogP contribution in [-0.2, 0) is 4.74 Å². The minimum atomic E-state index is -0.169. The molecule has 1 aliphatic heterocycles. The summed E-state index contributed by atoms with van der Waals surface area (Å²) in [7, 11) is 0. The first-order valence-corrected chi connectivity index (χ1v) is 9.15. The van der Waals surface area contributed by atoms with Crippen molar-refractivity contribution in [3.05, 3.63) is 45.5 Å². The number of hydrogen-bond acceptors (Lipinski definition) is 5. The van der Waals surface area contributed by atoms with E-state index in [0.717, 1.165) is 18.4 Å². The van der Waals surface area contributed by atoms with Gasteiger partial charge in [0.1, 0.15) is 6.10 Å². The number of ether oxygens (including phenoxy) is 1. The van der Waals surface area contributed by atoms with Crippen LogP contribution < -0.4 is 11.1 Å². The second-order valence-electron chi connectivity index (χ2n) is 6.26. The number of guanidine groups is 1. The number of aliphatic imine (C=N–C) groups is 1. The lowest BCUT2D eigenvalue weighted by atomic mass is 10.1. The minimum absolute atomic E-state index is 0.0259. The third kappa shape index (κ3) is 4.66. The second-order valence-corrected chi connectivity index (χ2v) is 7.11. The molecule has 3 N–H and O–H groups in total. The molecule has 1 aliphatic rings. The Morgan fingerprint density at radius 3 is 2.92 bits per heavy atom. The maximum absolute atomic E-state index is 6.22. The molecule has 1 aromatic heterocycles. The summed E-state index contributed by atoms with van der Waals surface area (Å²) in [6.45, 7) is 4.20. The molecule has 0 amide bonds. The third-order valence-corrected chi connectivity index (χ3v) is 4.75. The van der Waals surface area contributed by atoms with Crippen LogP contribution in [0.1, 0.15) is 49.2 Å². The van der Waals surface area contributed by atoms with Gasteiger partial charge >= 0.3 is 0 Å². The summed E-state index contributed by atoms with van der Waals surface area (Å²) in [6.07, 6.45) is 1.49. The highest BCUT2D eigenvalue weighted by Crippen LogP contribution is 2.31. The van der Waals surface area contributed by atoms with Crippen LogP contribution in [0.25, 0.3) is 0 Å². The molecule has 1 fully saturated rings. The fraction of sp³-hybridized carbons (Fsp3) is 0.471. The Morgan fingerprint density at radius 2 is 2.23 bits per heavy atom. The Kier molecular flexibility index (Phi) is 6.01. The predicted octanol–water partition coefficient (Wildman–Crippen LogP) is 3.57. The number of rotatable bonds is 5. The molecule has 2 heterocycles. The topological polar surface area (TPSA) is 98.6 Å². The second kappa shape index (κ2) is 8.24. The smallest absolute Gasteiger partial charge is 0.255 e. The van der Waals surface area contributed by atoms with Gasteiger partial charge < -0.3 is 20.3 Å². The van der Waals surface area contributed by atoms with Crippen molar-refractivity contribution in [2.24, 2.45) is 10.7 Å². The first kappa shape index (κ1) is 18.9. The van der Waals surface area contributed by atoms with Crippen LogP contribution in [-0.4, -0.2) is 28.7 Å². The molecule has 1 saturated heterocycles. The summed E-state index contributed by atoms with van der Waals surface area (Å²) in [5, 5.41) is 8.10. The van der Waals surface area contributed by atoms with Gasteiger partial charge in [-0.05, 0) is 44.4 Å². The Labute approximate surface area is 161 Å². The van der Waals surface area contributed by atoms with Gasteiger partial charge in [-0.1, -0.05) is 34.4 Å². The Bertz CT molecular complexity index is 795. The highest BCUT2D eigenvalue weighted by Gasteiger charge is 2.30. The van der Waals surface area contributed by atoms with Gasteiger partial charge in [-0.2, -0.15) is 4.98 Å². The molecular weight excluding hydrogens is 377 g/mol. The van der Waals surface area contributed by atoms with Gasteiger partial charge in [-0.15, -0.1) is 0 Å². The fourth-order valence-electron chi connectivity index (χ4n) is 2.86. The van der Waals surface area contributed by atoms with Crippen molar-refractivity contribution in [1.82, 2.24) is 15.5 Å². The van der Waals surface area contributed by atoms with E-state index < -0.39 is 0 Å². The van der Waals surface area contributed by atoms with Gasteiger partial charge in [0.05, 0.1) is 18.7 Å². The van der Waals surface area contributed by atoms with Crippen molar-refractivity contribution in [3.63, 3.8) is 0 Å². The molecule has 1 unspecified atom stereocenters. The zero-order chi connectivity index (χ0) is 18.7. The van der Waals surface area contributed by atoms with E-state index in [-0.39, 0.29) is 18.2 Å². The molecule has 0 radical (unpaired) electrons. The quantitative estimate of drug-likeness (QED) is 0.590. The highest BCUT2D eigenvalue weighted by molar-refractivity contribution is 6.35. The summed E-state index contributed by atoms with van der Waals surface area (Å²) >= 11 is 12.1. The lowest BCUT2D eigenvalue weighted by Gasteiger charge is -2.17. The molecule has 1 aromatic carbocycles. The van der Waals surface area contributed by atoms with Gasteiger partial charge in [-0.25, -0.2) is 0 Å². The SMILES string of the molecule is Cc1noc([C@@H]2CC[C@H](CN=C(N)NC(C)c3ccc(Cl)cc3Cl)O2)n1. The largest absolute Gasteiger partial charge is 0.370 e. The summed E-state index contributed by atoms with van der Waals surface area (Å²) in [5.74, 6) is 1.46. The number of aromatic nitrogens is 2. The normalized spacial score (nSPS) is 21.8. The summed E-state index contributed by atoms with van der Waals surface area (Å²) < 4.78 is 11.1.